The van der Waals surface area contributed by atoms with Crippen molar-refractivity contribution in [3.63, 3.8) is 0 Å². The van der Waals surface area contributed by atoms with E-state index < -0.39 is 0 Å². The van der Waals surface area contributed by atoms with Crippen molar-refractivity contribution in [2.45, 2.75) is 0 Å². The number of hydrogen-bond acceptors (Lipinski definition) is 4. The Morgan fingerprint density at radius 2 is 2.08 bits per heavy atom. The minimum absolute atomic E-state index is 0.0845. The van der Waals surface area contributed by atoms with Crippen LogP contribution in [-0.2, 0) is 0 Å². The largest absolute Gasteiger partial charge is 0.506 e. The quantitative estimate of drug-likeness (QED) is 0.385. The number of halogens is 3. The first-order valence-corrected chi connectivity index (χ1v) is 8.98. The molecule has 2 aromatic carbocycles. The Morgan fingerprint density at radius 3 is 2.83 bits per heavy atom. The number of aromatic hydroxyl groups is 1. The summed E-state index contributed by atoms with van der Waals surface area (Å²) in [7, 11) is 0. The third kappa shape index (κ3) is 3.61. The number of phenols is 1. The molecule has 24 heavy (non-hydrogen) atoms. The van der Waals surface area contributed by atoms with E-state index in [-0.39, 0.29) is 5.75 Å². The Morgan fingerprint density at radius 1 is 1.29 bits per heavy atom. The van der Waals surface area contributed by atoms with Gasteiger partial charge in [-0.15, -0.1) is 0 Å². The maximum absolute atomic E-state index is 10.1. The van der Waals surface area contributed by atoms with E-state index >= 15 is 0 Å². The zero-order chi connectivity index (χ0) is 17.3. The summed E-state index contributed by atoms with van der Waals surface area (Å²) in [5.41, 5.74) is 1.29. The summed E-state index contributed by atoms with van der Waals surface area (Å²) in [6.45, 7) is 0. The summed E-state index contributed by atoms with van der Waals surface area (Å²) in [6.07, 6.45) is 1.50. The van der Waals surface area contributed by atoms with Crippen LogP contribution in [0, 0.1) is 4.77 Å². The van der Waals surface area contributed by atoms with Gasteiger partial charge in [0.25, 0.3) is 0 Å². The van der Waals surface area contributed by atoms with Crippen molar-refractivity contribution in [3.05, 3.63) is 60.7 Å². The number of aromatic amines is 1. The molecule has 9 heteroatoms. The van der Waals surface area contributed by atoms with Crippen LogP contribution in [0.2, 0.25) is 5.02 Å². The number of rotatable bonds is 3. The molecule has 3 rings (SSSR count). The van der Waals surface area contributed by atoms with Gasteiger partial charge >= 0.3 is 0 Å². The fourth-order valence-corrected chi connectivity index (χ4v) is 3.65. The van der Waals surface area contributed by atoms with Crippen LogP contribution in [0.25, 0.3) is 11.4 Å². The van der Waals surface area contributed by atoms with E-state index in [1.54, 1.807) is 24.3 Å². The minimum atomic E-state index is 0.0845. The predicted octanol–water partition coefficient (Wildman–Crippen LogP) is 5.37. The standard InChI is InChI=1S/C15H9Br2ClN4OS/c16-10-4-9(13(23)12(17)6-10)7-19-22-14(20-21-15(22)24)8-2-1-3-11(18)5-8/h1-7,23H,(H,21,24)/b19-7+. The average Bonchev–Trinajstić information content (AvgIpc) is 2.90. The Hall–Kier alpha value is -1.48. The number of hydrogen-bond donors (Lipinski definition) is 2. The minimum Gasteiger partial charge on any atom is -0.506 e. The van der Waals surface area contributed by atoms with E-state index in [1.165, 1.54) is 10.9 Å². The second-order valence-electron chi connectivity index (χ2n) is 4.74. The van der Waals surface area contributed by atoms with Gasteiger partial charge in [-0.05, 0) is 52.4 Å². The van der Waals surface area contributed by atoms with Gasteiger partial charge in [-0.2, -0.15) is 14.9 Å². The molecule has 0 unspecified atom stereocenters. The lowest BCUT2D eigenvalue weighted by Gasteiger charge is -2.04. The van der Waals surface area contributed by atoms with Gasteiger partial charge in [0.15, 0.2) is 5.82 Å². The highest BCUT2D eigenvalue weighted by Crippen LogP contribution is 2.30. The lowest BCUT2D eigenvalue weighted by atomic mass is 10.2. The molecule has 122 valence electrons. The van der Waals surface area contributed by atoms with Crippen molar-refractivity contribution in [2.24, 2.45) is 5.10 Å². The Labute approximate surface area is 164 Å². The van der Waals surface area contributed by atoms with Crippen molar-refractivity contribution in [1.82, 2.24) is 14.9 Å². The van der Waals surface area contributed by atoms with Crippen LogP contribution in [0.1, 0.15) is 5.56 Å². The topological polar surface area (TPSA) is 66.2 Å². The van der Waals surface area contributed by atoms with Crippen molar-refractivity contribution in [3.8, 4) is 17.1 Å². The lowest BCUT2D eigenvalue weighted by molar-refractivity contribution is 0.471. The molecule has 0 atom stereocenters. The van der Waals surface area contributed by atoms with E-state index in [1.807, 2.05) is 12.1 Å². The molecule has 0 aliphatic rings. The third-order valence-electron chi connectivity index (χ3n) is 3.10. The monoisotopic (exact) mass is 486 g/mol. The Balaban J connectivity index is 2.06. The molecule has 2 N–H and O–H groups in total. The highest BCUT2D eigenvalue weighted by molar-refractivity contribution is 9.11. The molecule has 1 heterocycles. The lowest BCUT2D eigenvalue weighted by Crippen LogP contribution is -1.95. The zero-order valence-corrected chi connectivity index (χ0v) is 16.6. The second kappa shape index (κ2) is 7.18. The van der Waals surface area contributed by atoms with Crippen LogP contribution in [0.5, 0.6) is 5.75 Å². The molecular formula is C15H9Br2ClN4OS. The number of phenolic OH excluding ortho intramolecular Hbond substituents is 1. The molecule has 0 amide bonds. The van der Waals surface area contributed by atoms with Crippen LogP contribution in [-0.4, -0.2) is 26.2 Å². The SMILES string of the molecule is Oc1c(Br)cc(Br)cc1/C=N/n1c(-c2cccc(Cl)c2)n[nH]c1=S. The molecule has 0 aliphatic carbocycles. The Bertz CT molecular complexity index is 999. The molecule has 1 aromatic heterocycles. The highest BCUT2D eigenvalue weighted by atomic mass is 79.9. The van der Waals surface area contributed by atoms with E-state index in [2.05, 4.69) is 47.2 Å². The fourth-order valence-electron chi connectivity index (χ4n) is 2.02. The van der Waals surface area contributed by atoms with Crippen molar-refractivity contribution >= 4 is 61.9 Å². The number of nitrogens with zero attached hydrogens (tertiary/aromatic N) is 3. The zero-order valence-electron chi connectivity index (χ0n) is 11.9. The van der Waals surface area contributed by atoms with Gasteiger partial charge in [0.2, 0.25) is 4.77 Å². The summed E-state index contributed by atoms with van der Waals surface area (Å²) >= 11 is 17.9. The van der Waals surface area contributed by atoms with Crippen molar-refractivity contribution < 1.29 is 5.11 Å². The summed E-state index contributed by atoms with van der Waals surface area (Å²) in [6, 6.07) is 10.7. The second-order valence-corrected chi connectivity index (χ2v) is 7.34. The molecule has 0 fully saturated rings. The van der Waals surface area contributed by atoms with Crippen LogP contribution < -0.4 is 0 Å². The molecular weight excluding hydrogens is 480 g/mol. The fraction of sp³-hybridized carbons (Fsp3) is 0. The van der Waals surface area contributed by atoms with Gasteiger partial charge in [-0.3, -0.25) is 0 Å². The van der Waals surface area contributed by atoms with Gasteiger partial charge in [0, 0.05) is 20.6 Å². The van der Waals surface area contributed by atoms with E-state index in [4.69, 9.17) is 23.8 Å². The first-order chi connectivity index (χ1) is 11.5. The predicted molar refractivity (Wildman–Crippen MR) is 104 cm³/mol. The number of H-pyrrole nitrogens is 1. The highest BCUT2D eigenvalue weighted by Gasteiger charge is 2.10. The summed E-state index contributed by atoms with van der Waals surface area (Å²) in [4.78, 5) is 0. The van der Waals surface area contributed by atoms with Crippen molar-refractivity contribution in [1.29, 1.82) is 0 Å². The average molecular weight is 489 g/mol. The van der Waals surface area contributed by atoms with E-state index in [0.29, 0.717) is 25.7 Å². The van der Waals surface area contributed by atoms with E-state index in [0.717, 1.165) is 10.0 Å². The van der Waals surface area contributed by atoms with Gasteiger partial charge in [0.1, 0.15) is 5.75 Å². The molecule has 0 radical (unpaired) electrons. The summed E-state index contributed by atoms with van der Waals surface area (Å²) < 4.78 is 3.16. The first kappa shape index (κ1) is 17.3. The molecule has 3 aromatic rings. The number of benzene rings is 2. The van der Waals surface area contributed by atoms with Gasteiger partial charge < -0.3 is 5.11 Å². The summed E-state index contributed by atoms with van der Waals surface area (Å²) in [5, 5.41) is 21.9. The molecule has 5 nitrogen and oxygen atoms in total. The molecule has 0 aliphatic heterocycles. The molecule has 0 bridgehead atoms. The number of aromatic nitrogens is 3. The first-order valence-electron chi connectivity index (χ1n) is 6.61. The summed E-state index contributed by atoms with van der Waals surface area (Å²) in [5.74, 6) is 0.605. The third-order valence-corrected chi connectivity index (χ3v) is 4.66. The van der Waals surface area contributed by atoms with E-state index in [9.17, 15) is 5.11 Å². The normalized spacial score (nSPS) is 11.3. The van der Waals surface area contributed by atoms with Crippen LogP contribution in [0.4, 0.5) is 0 Å². The smallest absolute Gasteiger partial charge is 0.216 e. The van der Waals surface area contributed by atoms with Crippen molar-refractivity contribution in [2.75, 3.05) is 0 Å². The maximum Gasteiger partial charge on any atom is 0.216 e. The van der Waals surface area contributed by atoms with Crippen LogP contribution >= 0.6 is 55.7 Å². The van der Waals surface area contributed by atoms with Crippen LogP contribution in [0.15, 0.2) is 50.4 Å². The molecule has 0 saturated carbocycles. The Kier molecular flexibility index (Phi) is 5.19. The number of nitrogens with one attached hydrogen (secondary N) is 1. The maximum atomic E-state index is 10.1. The van der Waals surface area contributed by atoms with Gasteiger partial charge in [-0.1, -0.05) is 39.7 Å². The van der Waals surface area contributed by atoms with Crippen LogP contribution in [0.3, 0.4) is 0 Å². The molecule has 0 spiro atoms. The molecule has 0 saturated heterocycles. The van der Waals surface area contributed by atoms with Gasteiger partial charge in [-0.25, -0.2) is 5.10 Å². The van der Waals surface area contributed by atoms with Gasteiger partial charge in [0.05, 0.1) is 10.7 Å².